The number of hydrogen-bond acceptors (Lipinski definition) is 1. The van der Waals surface area contributed by atoms with Crippen molar-refractivity contribution in [3.05, 3.63) is 23.8 Å². The van der Waals surface area contributed by atoms with Gasteiger partial charge in [-0.1, -0.05) is 37.6 Å². The predicted octanol–water partition coefficient (Wildman–Crippen LogP) is 4.29. The molecular weight excluding hydrogens is 196 g/mol. The fourth-order valence-corrected chi connectivity index (χ4v) is 2.19. The molecule has 1 nitrogen and oxygen atoms in total. The van der Waals surface area contributed by atoms with Crippen LogP contribution in [0.4, 0.5) is 0 Å². The monoisotopic (exact) mass is 220 g/mol. The van der Waals surface area contributed by atoms with Crippen LogP contribution in [0.3, 0.4) is 0 Å². The van der Waals surface area contributed by atoms with Crippen molar-refractivity contribution in [2.75, 3.05) is 0 Å². The van der Waals surface area contributed by atoms with Crippen LogP contribution < -0.4 is 0 Å². The molecule has 1 heteroatoms. The van der Waals surface area contributed by atoms with Gasteiger partial charge in [0.1, 0.15) is 5.78 Å². The zero-order valence-corrected chi connectivity index (χ0v) is 11.1. The third kappa shape index (κ3) is 3.33. The van der Waals surface area contributed by atoms with Crippen LogP contribution in [0.2, 0.25) is 0 Å². The molecule has 0 N–H and O–H groups in total. The highest BCUT2D eigenvalue weighted by Crippen LogP contribution is 2.34. The molecule has 0 saturated heterocycles. The average molecular weight is 220 g/mol. The second-order valence-corrected chi connectivity index (χ2v) is 5.80. The molecule has 0 bridgehead atoms. The van der Waals surface area contributed by atoms with E-state index in [-0.39, 0.29) is 11.2 Å². The lowest BCUT2D eigenvalue weighted by molar-refractivity contribution is -0.124. The molecule has 0 heterocycles. The minimum absolute atomic E-state index is 0.193. The van der Waals surface area contributed by atoms with E-state index in [2.05, 4.69) is 19.6 Å². The Kier molecular flexibility index (Phi) is 4.12. The molecule has 0 fully saturated rings. The summed E-state index contributed by atoms with van der Waals surface area (Å²) in [5.74, 6) is 0.944. The van der Waals surface area contributed by atoms with Crippen LogP contribution in [0, 0.1) is 11.3 Å². The second-order valence-electron chi connectivity index (χ2n) is 5.80. The second kappa shape index (κ2) is 4.99. The van der Waals surface area contributed by atoms with Crippen molar-refractivity contribution in [1.29, 1.82) is 0 Å². The van der Waals surface area contributed by atoms with Crippen molar-refractivity contribution in [1.82, 2.24) is 0 Å². The quantitative estimate of drug-likeness (QED) is 0.646. The van der Waals surface area contributed by atoms with Gasteiger partial charge in [-0.3, -0.25) is 4.79 Å². The summed E-state index contributed by atoms with van der Waals surface area (Å²) in [6.07, 6.45) is 6.70. The van der Waals surface area contributed by atoms with Crippen LogP contribution in [0.5, 0.6) is 0 Å². The first kappa shape index (κ1) is 13.2. The normalized spacial score (nSPS) is 21.5. The summed E-state index contributed by atoms with van der Waals surface area (Å²) in [6, 6.07) is 0. The Labute approximate surface area is 99.6 Å². The van der Waals surface area contributed by atoms with Gasteiger partial charge < -0.3 is 0 Å². The maximum Gasteiger partial charge on any atom is 0.135 e. The van der Waals surface area contributed by atoms with Crippen molar-refractivity contribution < 1.29 is 4.79 Å². The Balaban J connectivity index is 2.59. The Morgan fingerprint density at radius 2 is 2.12 bits per heavy atom. The number of hydrogen-bond donors (Lipinski definition) is 0. The van der Waals surface area contributed by atoms with Gasteiger partial charge in [0.05, 0.1) is 0 Å². The van der Waals surface area contributed by atoms with E-state index < -0.39 is 0 Å². The summed E-state index contributed by atoms with van der Waals surface area (Å²) in [6.45, 7) is 11.9. The van der Waals surface area contributed by atoms with E-state index in [1.165, 1.54) is 17.6 Å². The Morgan fingerprint density at radius 3 is 2.50 bits per heavy atom. The van der Waals surface area contributed by atoms with Crippen LogP contribution >= 0.6 is 0 Å². The molecule has 0 aromatic carbocycles. The van der Waals surface area contributed by atoms with Crippen molar-refractivity contribution in [2.24, 2.45) is 11.3 Å². The zero-order valence-electron chi connectivity index (χ0n) is 11.1. The summed E-state index contributed by atoms with van der Waals surface area (Å²) in [7, 11) is 0. The first-order chi connectivity index (χ1) is 7.33. The van der Waals surface area contributed by atoms with E-state index in [0.717, 1.165) is 19.3 Å². The molecule has 0 radical (unpaired) electrons. The predicted molar refractivity (Wildman–Crippen MR) is 69.3 cm³/mol. The number of carbonyl (C=O) groups is 1. The van der Waals surface area contributed by atoms with Crippen molar-refractivity contribution in [3.8, 4) is 0 Å². The first-order valence-corrected chi connectivity index (χ1v) is 6.17. The van der Waals surface area contributed by atoms with Gasteiger partial charge in [-0.2, -0.15) is 0 Å². The van der Waals surface area contributed by atoms with Gasteiger partial charge in [0.2, 0.25) is 0 Å². The molecule has 0 saturated carbocycles. The van der Waals surface area contributed by atoms with Gasteiger partial charge >= 0.3 is 0 Å². The number of rotatable bonds is 4. The highest BCUT2D eigenvalue weighted by molar-refractivity contribution is 5.81. The van der Waals surface area contributed by atoms with E-state index >= 15 is 0 Å². The van der Waals surface area contributed by atoms with Crippen LogP contribution in [-0.2, 0) is 4.79 Å². The molecule has 1 rings (SSSR count). The average Bonchev–Trinajstić information content (AvgIpc) is 2.17. The molecule has 0 aromatic heterocycles. The molecule has 0 aliphatic heterocycles. The molecule has 1 unspecified atom stereocenters. The van der Waals surface area contributed by atoms with Crippen LogP contribution in [0.25, 0.3) is 0 Å². The van der Waals surface area contributed by atoms with Crippen LogP contribution in [-0.4, -0.2) is 5.78 Å². The highest BCUT2D eigenvalue weighted by Gasteiger charge is 2.26. The maximum absolute atomic E-state index is 11.5. The fraction of sp³-hybridized carbons (Fsp3) is 0.667. The Morgan fingerprint density at radius 1 is 1.50 bits per heavy atom. The maximum atomic E-state index is 11.5. The van der Waals surface area contributed by atoms with Crippen molar-refractivity contribution in [2.45, 2.75) is 53.4 Å². The van der Waals surface area contributed by atoms with E-state index in [1.54, 1.807) is 6.92 Å². The standard InChI is InChI=1S/C15H24O/c1-11(2)14-8-6-13(7-9-14)10-15(4,5)12(3)16/h6,14H,1,7-10H2,2-5H3. The van der Waals surface area contributed by atoms with Gasteiger partial charge in [-0.25, -0.2) is 0 Å². The summed E-state index contributed by atoms with van der Waals surface area (Å²) in [5.41, 5.74) is 2.56. The van der Waals surface area contributed by atoms with Gasteiger partial charge in [-0.15, -0.1) is 0 Å². The van der Waals surface area contributed by atoms with E-state index in [9.17, 15) is 4.79 Å². The third-order valence-corrected chi connectivity index (χ3v) is 3.82. The SMILES string of the molecule is C=C(C)C1CC=C(CC(C)(C)C(C)=O)CC1. The summed E-state index contributed by atoms with van der Waals surface area (Å²) in [4.78, 5) is 11.5. The lowest BCUT2D eigenvalue weighted by atomic mass is 9.77. The molecule has 16 heavy (non-hydrogen) atoms. The Bertz CT molecular complexity index is 320. The number of Topliss-reactive ketones (excluding diaryl/α,β-unsaturated/α-hetero) is 1. The molecule has 1 aliphatic carbocycles. The number of carbonyl (C=O) groups excluding carboxylic acids is 1. The Hall–Kier alpha value is -0.850. The van der Waals surface area contributed by atoms with Crippen LogP contribution in [0.15, 0.2) is 23.8 Å². The fourth-order valence-electron chi connectivity index (χ4n) is 2.19. The smallest absolute Gasteiger partial charge is 0.135 e. The molecule has 0 amide bonds. The molecule has 0 spiro atoms. The van der Waals surface area contributed by atoms with Crippen molar-refractivity contribution >= 4 is 5.78 Å². The van der Waals surface area contributed by atoms with Gasteiger partial charge in [-0.05, 0) is 45.4 Å². The first-order valence-electron chi connectivity index (χ1n) is 6.17. The largest absolute Gasteiger partial charge is 0.299 e. The van der Waals surface area contributed by atoms with Crippen molar-refractivity contribution in [3.63, 3.8) is 0 Å². The summed E-state index contributed by atoms with van der Waals surface area (Å²) >= 11 is 0. The number of allylic oxidation sites excluding steroid dienone is 3. The third-order valence-electron chi connectivity index (χ3n) is 3.82. The number of ketones is 1. The molecule has 1 atom stereocenters. The van der Waals surface area contributed by atoms with E-state index in [4.69, 9.17) is 0 Å². The highest BCUT2D eigenvalue weighted by atomic mass is 16.1. The van der Waals surface area contributed by atoms with Gasteiger partial charge in [0.25, 0.3) is 0 Å². The minimum atomic E-state index is -0.193. The molecular formula is C15H24O. The molecule has 1 aliphatic rings. The lowest BCUT2D eigenvalue weighted by Crippen LogP contribution is -2.22. The van der Waals surface area contributed by atoms with Gasteiger partial charge in [0, 0.05) is 5.41 Å². The lowest BCUT2D eigenvalue weighted by Gasteiger charge is -2.27. The zero-order chi connectivity index (χ0) is 12.3. The summed E-state index contributed by atoms with van der Waals surface area (Å²) < 4.78 is 0. The van der Waals surface area contributed by atoms with E-state index in [1.807, 2.05) is 13.8 Å². The van der Waals surface area contributed by atoms with E-state index in [0.29, 0.717) is 5.92 Å². The van der Waals surface area contributed by atoms with Gasteiger partial charge in [0.15, 0.2) is 0 Å². The summed E-state index contributed by atoms with van der Waals surface area (Å²) in [5, 5.41) is 0. The minimum Gasteiger partial charge on any atom is -0.299 e. The topological polar surface area (TPSA) is 17.1 Å². The van der Waals surface area contributed by atoms with Crippen LogP contribution in [0.1, 0.15) is 53.4 Å². The molecule has 90 valence electrons. The molecule has 0 aromatic rings.